The van der Waals surface area contributed by atoms with Gasteiger partial charge in [0.25, 0.3) is 10.0 Å². The lowest BCUT2D eigenvalue weighted by atomic mass is 10.3. The van der Waals surface area contributed by atoms with Gasteiger partial charge in [-0.1, -0.05) is 0 Å². The number of rotatable bonds is 7. The second-order valence-electron chi connectivity index (χ2n) is 4.30. The van der Waals surface area contributed by atoms with Gasteiger partial charge in [0.1, 0.15) is 10.6 Å². The van der Waals surface area contributed by atoms with Crippen molar-refractivity contribution in [1.82, 2.24) is 5.32 Å². The molecular formula is C14H18N2O3S2. The van der Waals surface area contributed by atoms with E-state index < -0.39 is 10.0 Å². The quantitative estimate of drug-likeness (QED) is 0.821. The van der Waals surface area contributed by atoms with Crippen LogP contribution in [0.3, 0.4) is 0 Å². The summed E-state index contributed by atoms with van der Waals surface area (Å²) >= 11 is 1.42. The highest BCUT2D eigenvalue weighted by Gasteiger charge is 2.19. The summed E-state index contributed by atoms with van der Waals surface area (Å²) in [6.45, 7) is 3.00. The van der Waals surface area contributed by atoms with Crippen LogP contribution in [0.4, 0.5) is 5.69 Å². The molecule has 0 amide bonds. The fraction of sp³-hybridized carbons (Fsp3) is 0.286. The zero-order chi connectivity index (χ0) is 15.3. The summed E-state index contributed by atoms with van der Waals surface area (Å²) < 4.78 is 32.7. The molecular weight excluding hydrogens is 308 g/mol. The van der Waals surface area contributed by atoms with Crippen LogP contribution in [0.1, 0.15) is 11.8 Å². The Bertz CT molecular complexity index is 678. The third kappa shape index (κ3) is 3.96. The van der Waals surface area contributed by atoms with Crippen molar-refractivity contribution in [3.63, 3.8) is 0 Å². The van der Waals surface area contributed by atoms with Gasteiger partial charge in [-0.25, -0.2) is 8.42 Å². The standard InChI is InChI=1S/C14H18N2O3S2/c1-3-19-12-6-4-11(5-7-12)16-21(17,18)14-8-9-20-13(14)10-15-2/h4-9,15-16H,3,10H2,1-2H3. The van der Waals surface area contributed by atoms with E-state index in [1.807, 2.05) is 6.92 Å². The second-order valence-corrected chi connectivity index (χ2v) is 6.95. The Kier molecular flexibility index (Phi) is 5.22. The molecule has 0 spiro atoms. The molecule has 5 nitrogen and oxygen atoms in total. The van der Waals surface area contributed by atoms with Crippen LogP contribution >= 0.6 is 11.3 Å². The van der Waals surface area contributed by atoms with Crippen LogP contribution in [0.5, 0.6) is 5.75 Å². The number of anilines is 1. The fourth-order valence-corrected chi connectivity index (χ4v) is 4.37. The molecule has 1 aromatic heterocycles. The Morgan fingerprint density at radius 1 is 1.19 bits per heavy atom. The summed E-state index contributed by atoms with van der Waals surface area (Å²) in [6, 6.07) is 8.47. The topological polar surface area (TPSA) is 67.4 Å². The number of hydrogen-bond acceptors (Lipinski definition) is 5. The van der Waals surface area contributed by atoms with Crippen LogP contribution in [0.25, 0.3) is 0 Å². The molecule has 0 saturated heterocycles. The van der Waals surface area contributed by atoms with E-state index in [4.69, 9.17) is 4.74 Å². The van der Waals surface area contributed by atoms with E-state index in [0.717, 1.165) is 4.88 Å². The summed E-state index contributed by atoms with van der Waals surface area (Å²) in [6.07, 6.45) is 0. The first kappa shape index (κ1) is 15.8. The summed E-state index contributed by atoms with van der Waals surface area (Å²) in [5.74, 6) is 0.715. The van der Waals surface area contributed by atoms with Gasteiger partial charge in [0, 0.05) is 17.1 Å². The molecule has 2 N–H and O–H groups in total. The van der Waals surface area contributed by atoms with E-state index in [1.54, 1.807) is 42.8 Å². The van der Waals surface area contributed by atoms with Gasteiger partial charge in [0.05, 0.1) is 6.61 Å². The minimum absolute atomic E-state index is 0.315. The highest BCUT2D eigenvalue weighted by Crippen LogP contribution is 2.25. The number of hydrogen-bond donors (Lipinski definition) is 2. The monoisotopic (exact) mass is 326 g/mol. The first-order chi connectivity index (χ1) is 10.1. The largest absolute Gasteiger partial charge is 0.494 e. The average Bonchev–Trinajstić information content (AvgIpc) is 2.91. The van der Waals surface area contributed by atoms with Crippen molar-refractivity contribution >= 4 is 27.0 Å². The first-order valence-corrected chi connectivity index (χ1v) is 8.89. The summed E-state index contributed by atoms with van der Waals surface area (Å²) in [7, 11) is -1.78. The summed E-state index contributed by atoms with van der Waals surface area (Å²) in [5, 5.41) is 4.75. The van der Waals surface area contributed by atoms with Gasteiger partial charge >= 0.3 is 0 Å². The van der Waals surface area contributed by atoms with E-state index in [-0.39, 0.29) is 0 Å². The predicted octanol–water partition coefficient (Wildman–Crippen LogP) is 2.67. The highest BCUT2D eigenvalue weighted by molar-refractivity contribution is 7.93. The predicted molar refractivity (Wildman–Crippen MR) is 85.5 cm³/mol. The Labute approximate surface area is 129 Å². The summed E-state index contributed by atoms with van der Waals surface area (Å²) in [4.78, 5) is 1.10. The van der Waals surface area contributed by atoms with E-state index in [9.17, 15) is 8.42 Å². The van der Waals surface area contributed by atoms with Crippen LogP contribution in [0.2, 0.25) is 0 Å². The molecule has 0 atom stereocenters. The highest BCUT2D eigenvalue weighted by atomic mass is 32.2. The SMILES string of the molecule is CCOc1ccc(NS(=O)(=O)c2ccsc2CNC)cc1. The first-order valence-electron chi connectivity index (χ1n) is 6.53. The van der Waals surface area contributed by atoms with Crippen molar-refractivity contribution in [2.45, 2.75) is 18.4 Å². The maximum absolute atomic E-state index is 12.4. The average molecular weight is 326 g/mol. The van der Waals surface area contributed by atoms with Crippen molar-refractivity contribution in [2.24, 2.45) is 0 Å². The zero-order valence-electron chi connectivity index (χ0n) is 11.9. The van der Waals surface area contributed by atoms with Crippen molar-refractivity contribution in [1.29, 1.82) is 0 Å². The summed E-state index contributed by atoms with van der Waals surface area (Å²) in [5.41, 5.74) is 0.514. The number of ether oxygens (including phenoxy) is 1. The lowest BCUT2D eigenvalue weighted by Gasteiger charge is -2.09. The van der Waals surface area contributed by atoms with Gasteiger partial charge < -0.3 is 10.1 Å². The number of benzene rings is 1. The Balaban J connectivity index is 2.18. The van der Waals surface area contributed by atoms with E-state index >= 15 is 0 Å². The molecule has 0 aliphatic heterocycles. The van der Waals surface area contributed by atoms with Crippen LogP contribution in [-0.2, 0) is 16.6 Å². The number of nitrogens with one attached hydrogen (secondary N) is 2. The van der Waals surface area contributed by atoms with E-state index in [1.165, 1.54) is 11.3 Å². The minimum Gasteiger partial charge on any atom is -0.494 e. The van der Waals surface area contributed by atoms with Crippen molar-refractivity contribution in [3.05, 3.63) is 40.6 Å². The molecule has 1 aromatic carbocycles. The molecule has 2 aromatic rings. The molecule has 7 heteroatoms. The Morgan fingerprint density at radius 2 is 1.90 bits per heavy atom. The third-order valence-electron chi connectivity index (χ3n) is 2.75. The Morgan fingerprint density at radius 3 is 2.52 bits per heavy atom. The fourth-order valence-electron chi connectivity index (χ4n) is 1.85. The normalized spacial score (nSPS) is 11.3. The lowest BCUT2D eigenvalue weighted by Crippen LogP contribution is -2.15. The van der Waals surface area contributed by atoms with Crippen LogP contribution < -0.4 is 14.8 Å². The molecule has 0 aliphatic rings. The van der Waals surface area contributed by atoms with Gasteiger partial charge in [0.15, 0.2) is 0 Å². The molecule has 0 aliphatic carbocycles. The third-order valence-corrected chi connectivity index (χ3v) is 5.27. The van der Waals surface area contributed by atoms with Crippen LogP contribution in [0, 0.1) is 0 Å². The second kappa shape index (κ2) is 6.93. The zero-order valence-corrected chi connectivity index (χ0v) is 13.6. The Hall–Kier alpha value is -1.57. The number of sulfonamides is 1. The smallest absolute Gasteiger partial charge is 0.263 e. The van der Waals surface area contributed by atoms with E-state index in [0.29, 0.717) is 29.5 Å². The van der Waals surface area contributed by atoms with Gasteiger partial charge in [-0.2, -0.15) is 0 Å². The molecule has 21 heavy (non-hydrogen) atoms. The molecule has 0 bridgehead atoms. The van der Waals surface area contributed by atoms with Gasteiger partial charge in [-0.3, -0.25) is 4.72 Å². The van der Waals surface area contributed by atoms with Crippen molar-refractivity contribution in [2.75, 3.05) is 18.4 Å². The maximum Gasteiger partial charge on any atom is 0.263 e. The molecule has 114 valence electrons. The molecule has 0 unspecified atom stereocenters. The van der Waals surface area contributed by atoms with Gasteiger partial charge in [-0.05, 0) is 49.7 Å². The van der Waals surface area contributed by atoms with Gasteiger partial charge in [0.2, 0.25) is 0 Å². The minimum atomic E-state index is -3.57. The molecule has 0 radical (unpaired) electrons. The van der Waals surface area contributed by atoms with E-state index in [2.05, 4.69) is 10.0 Å². The molecule has 2 rings (SSSR count). The lowest BCUT2D eigenvalue weighted by molar-refractivity contribution is 0.340. The van der Waals surface area contributed by atoms with Crippen molar-refractivity contribution in [3.8, 4) is 5.75 Å². The number of thiophene rings is 1. The van der Waals surface area contributed by atoms with Crippen LogP contribution in [0.15, 0.2) is 40.6 Å². The molecule has 0 saturated carbocycles. The van der Waals surface area contributed by atoms with Crippen molar-refractivity contribution < 1.29 is 13.2 Å². The van der Waals surface area contributed by atoms with Crippen LogP contribution in [-0.4, -0.2) is 22.1 Å². The molecule has 1 heterocycles. The maximum atomic E-state index is 12.4. The molecule has 0 fully saturated rings. The van der Waals surface area contributed by atoms with Gasteiger partial charge in [-0.15, -0.1) is 11.3 Å².